The molecule has 0 saturated heterocycles. The van der Waals surface area contributed by atoms with Crippen LogP contribution in [0.5, 0.6) is 0 Å². The molecule has 0 aromatic carbocycles. The molecule has 1 unspecified atom stereocenters. The fraction of sp³-hybridized carbons (Fsp3) is 0.867. The molecule has 0 heterocycles. The molecular formula is C15H29NO4. The van der Waals surface area contributed by atoms with Crippen LogP contribution in [-0.2, 0) is 14.3 Å². The van der Waals surface area contributed by atoms with E-state index in [9.17, 15) is 9.59 Å². The number of hydrogen-bond donors (Lipinski definition) is 2. The summed E-state index contributed by atoms with van der Waals surface area (Å²) in [6, 6.07) is -0.655. The Hall–Kier alpha value is -1.10. The summed E-state index contributed by atoms with van der Waals surface area (Å²) in [7, 11) is 0. The number of rotatable bonds is 8. The molecule has 0 aromatic heterocycles. The van der Waals surface area contributed by atoms with E-state index in [1.165, 1.54) is 0 Å². The zero-order valence-corrected chi connectivity index (χ0v) is 13.2. The molecule has 0 radical (unpaired) electrons. The van der Waals surface area contributed by atoms with Crippen LogP contribution in [0.1, 0.15) is 61.7 Å². The third kappa shape index (κ3) is 9.78. The molecule has 5 nitrogen and oxygen atoms in total. The van der Waals surface area contributed by atoms with Crippen molar-refractivity contribution in [3.8, 4) is 0 Å². The first-order valence-corrected chi connectivity index (χ1v) is 7.14. The highest BCUT2D eigenvalue weighted by atomic mass is 16.6. The van der Waals surface area contributed by atoms with Gasteiger partial charge in [-0.05, 0) is 46.0 Å². The molecule has 0 aliphatic heterocycles. The number of amides is 1. The van der Waals surface area contributed by atoms with Gasteiger partial charge in [0.1, 0.15) is 11.6 Å². The second-order valence-electron chi connectivity index (χ2n) is 6.36. The summed E-state index contributed by atoms with van der Waals surface area (Å²) in [5.41, 5.74) is -0.591. The number of nitrogens with one attached hydrogen (secondary N) is 1. The maximum Gasteiger partial charge on any atom is 0.329 e. The van der Waals surface area contributed by atoms with Crippen molar-refractivity contribution in [2.45, 2.75) is 71.9 Å². The van der Waals surface area contributed by atoms with Crippen molar-refractivity contribution in [1.29, 1.82) is 0 Å². The number of esters is 1. The van der Waals surface area contributed by atoms with E-state index in [0.29, 0.717) is 12.8 Å². The zero-order chi connectivity index (χ0) is 16.6. The predicted octanol–water partition coefficient (Wildman–Crippen LogP) is 2.02. The van der Waals surface area contributed by atoms with Gasteiger partial charge in [0.15, 0.2) is 0 Å². The van der Waals surface area contributed by atoms with Crippen molar-refractivity contribution >= 4 is 11.9 Å². The predicted molar refractivity (Wildman–Crippen MR) is 78.2 cm³/mol. The topological polar surface area (TPSA) is 75.6 Å². The number of aliphatic hydroxyl groups is 1. The highest BCUT2D eigenvalue weighted by Crippen LogP contribution is 2.13. The Morgan fingerprint density at radius 3 is 2.35 bits per heavy atom. The molecule has 0 rings (SSSR count). The maximum atomic E-state index is 12.1. The molecule has 0 aliphatic carbocycles. The third-order valence-corrected chi connectivity index (χ3v) is 2.47. The van der Waals surface area contributed by atoms with E-state index in [4.69, 9.17) is 11.2 Å². The lowest BCUT2D eigenvalue weighted by Gasteiger charge is -2.25. The van der Waals surface area contributed by atoms with Gasteiger partial charge in [-0.2, -0.15) is 0 Å². The summed E-state index contributed by atoms with van der Waals surface area (Å²) in [5.74, 6) is -0.435. The van der Waals surface area contributed by atoms with Gasteiger partial charge in [0.05, 0.1) is 1.37 Å². The van der Waals surface area contributed by atoms with E-state index in [-0.39, 0.29) is 24.7 Å². The monoisotopic (exact) mass is 288 g/mol. The molecule has 118 valence electrons. The summed E-state index contributed by atoms with van der Waals surface area (Å²) in [5, 5.41) is 11.5. The first-order chi connectivity index (χ1) is 9.51. The molecule has 0 spiro atoms. The molecule has 0 bridgehead atoms. The van der Waals surface area contributed by atoms with Gasteiger partial charge in [0.25, 0.3) is 0 Å². The van der Waals surface area contributed by atoms with Gasteiger partial charge in [0.2, 0.25) is 5.91 Å². The quantitative estimate of drug-likeness (QED) is 0.670. The number of hydrogen-bond acceptors (Lipinski definition) is 4. The molecule has 2 atom stereocenters. The van der Waals surface area contributed by atoms with Crippen molar-refractivity contribution in [3.63, 3.8) is 0 Å². The molecular weight excluding hydrogens is 258 g/mol. The van der Waals surface area contributed by atoms with Crippen LogP contribution >= 0.6 is 0 Å². The second kappa shape index (κ2) is 8.95. The average molecular weight is 288 g/mol. The van der Waals surface area contributed by atoms with Crippen LogP contribution in [0.2, 0.25) is 0 Å². The van der Waals surface area contributed by atoms with E-state index >= 15 is 0 Å². The first kappa shape index (κ1) is 17.0. The Bertz CT molecular complexity index is 337. The van der Waals surface area contributed by atoms with Crippen molar-refractivity contribution in [1.82, 2.24) is 5.32 Å². The molecule has 0 fully saturated rings. The van der Waals surface area contributed by atoms with Crippen LogP contribution in [0.15, 0.2) is 0 Å². The molecule has 0 aliphatic rings. The lowest BCUT2D eigenvalue weighted by molar-refractivity contribution is -0.159. The lowest BCUT2D eigenvalue weighted by atomic mass is 10.0. The summed E-state index contributed by atoms with van der Waals surface area (Å²) in [4.78, 5) is 23.9. The summed E-state index contributed by atoms with van der Waals surface area (Å²) in [6.45, 7) is 8.15. The minimum atomic E-state index is -1.16. The fourth-order valence-electron chi connectivity index (χ4n) is 1.68. The average Bonchev–Trinajstić information content (AvgIpc) is 2.24. The third-order valence-electron chi connectivity index (χ3n) is 2.47. The van der Waals surface area contributed by atoms with E-state index < -0.39 is 24.2 Å². The van der Waals surface area contributed by atoms with Gasteiger partial charge in [-0.3, -0.25) is 4.79 Å². The van der Waals surface area contributed by atoms with Crippen LogP contribution in [0, 0.1) is 5.92 Å². The second-order valence-corrected chi connectivity index (χ2v) is 6.36. The first-order valence-electron chi connectivity index (χ1n) is 7.71. The molecule has 20 heavy (non-hydrogen) atoms. The van der Waals surface area contributed by atoms with Gasteiger partial charge >= 0.3 is 5.97 Å². The highest BCUT2D eigenvalue weighted by molar-refractivity contribution is 5.84. The molecule has 0 aromatic rings. The zero-order valence-electron chi connectivity index (χ0n) is 14.2. The van der Waals surface area contributed by atoms with Crippen LogP contribution in [0.25, 0.3) is 0 Å². The van der Waals surface area contributed by atoms with Gasteiger partial charge in [-0.1, -0.05) is 13.8 Å². The Morgan fingerprint density at radius 1 is 1.30 bits per heavy atom. The van der Waals surface area contributed by atoms with Crippen molar-refractivity contribution in [3.05, 3.63) is 0 Å². The van der Waals surface area contributed by atoms with Gasteiger partial charge in [-0.25, -0.2) is 4.79 Å². The van der Waals surface area contributed by atoms with Gasteiger partial charge < -0.3 is 15.2 Å². The van der Waals surface area contributed by atoms with Crippen molar-refractivity contribution in [2.75, 3.05) is 6.58 Å². The molecule has 0 saturated carbocycles. The summed E-state index contributed by atoms with van der Waals surface area (Å²) in [6.07, 6.45) is 1.36. The standard InChI is InChI=1S/C15H29NO4/c1-11(2)10-12(14(19)20-15(3,4)5)16-13(18)8-6-7-9-17/h11-12,17H,6-10H2,1-5H3,(H,16,18)/t12-/m0/s1/i9D/t9?,12-. The van der Waals surface area contributed by atoms with Crippen molar-refractivity contribution in [2.24, 2.45) is 5.92 Å². The van der Waals surface area contributed by atoms with Gasteiger partial charge in [0, 0.05) is 13.0 Å². The summed E-state index contributed by atoms with van der Waals surface area (Å²) < 4.78 is 12.3. The summed E-state index contributed by atoms with van der Waals surface area (Å²) >= 11 is 0. The molecule has 2 N–H and O–H groups in total. The normalized spacial score (nSPS) is 15.4. The SMILES string of the molecule is [2H]C(O)CCCC(=O)N[C@@H](CC(C)C)C(=O)OC(C)(C)C. The van der Waals surface area contributed by atoms with E-state index in [1.54, 1.807) is 20.8 Å². The Balaban J connectivity index is 4.48. The number of carbonyl (C=O) groups is 2. The number of aliphatic hydroxyl groups excluding tert-OH is 1. The Labute approximate surface area is 123 Å². The van der Waals surface area contributed by atoms with Crippen LogP contribution in [0.4, 0.5) is 0 Å². The lowest BCUT2D eigenvalue weighted by Crippen LogP contribution is -2.44. The highest BCUT2D eigenvalue weighted by Gasteiger charge is 2.27. The molecule has 5 heteroatoms. The van der Waals surface area contributed by atoms with Crippen LogP contribution in [-0.4, -0.2) is 35.2 Å². The number of ether oxygens (including phenoxy) is 1. The Morgan fingerprint density at radius 2 is 1.90 bits per heavy atom. The van der Waals surface area contributed by atoms with Gasteiger partial charge in [-0.15, -0.1) is 0 Å². The smallest absolute Gasteiger partial charge is 0.329 e. The van der Waals surface area contributed by atoms with Crippen molar-refractivity contribution < 1.29 is 20.8 Å². The van der Waals surface area contributed by atoms with E-state index in [1.807, 2.05) is 13.8 Å². The van der Waals surface area contributed by atoms with Crippen LogP contribution in [0.3, 0.4) is 0 Å². The van der Waals surface area contributed by atoms with E-state index in [2.05, 4.69) is 5.32 Å². The van der Waals surface area contributed by atoms with E-state index in [0.717, 1.165) is 0 Å². The maximum absolute atomic E-state index is 12.1. The van der Waals surface area contributed by atoms with Crippen LogP contribution < -0.4 is 5.32 Å². The minimum Gasteiger partial charge on any atom is -0.458 e. The largest absolute Gasteiger partial charge is 0.458 e. The molecule has 1 amide bonds. The number of carbonyl (C=O) groups excluding carboxylic acids is 2. The minimum absolute atomic E-state index is 0.188. The fourth-order valence-corrected chi connectivity index (χ4v) is 1.68. The Kier molecular flexibility index (Phi) is 7.59.